The molecule has 0 saturated carbocycles. The third-order valence-corrected chi connectivity index (χ3v) is 2.94. The molecule has 1 rings (SSSR count). The van der Waals surface area contributed by atoms with Gasteiger partial charge in [-0.25, -0.2) is 0 Å². The fourth-order valence-electron chi connectivity index (χ4n) is 1.92. The summed E-state index contributed by atoms with van der Waals surface area (Å²) in [6.45, 7) is 4.16. The Morgan fingerprint density at radius 1 is 1.32 bits per heavy atom. The number of hydrogen-bond donors (Lipinski definition) is 0. The van der Waals surface area contributed by atoms with Crippen molar-refractivity contribution in [2.24, 2.45) is 5.92 Å². The Morgan fingerprint density at radius 2 is 2.00 bits per heavy atom. The van der Waals surface area contributed by atoms with Crippen LogP contribution in [0, 0.1) is 5.92 Å². The van der Waals surface area contributed by atoms with Crippen molar-refractivity contribution in [2.75, 3.05) is 13.7 Å². The molecule has 0 radical (unpaired) electrons. The van der Waals surface area contributed by atoms with Gasteiger partial charge in [-0.2, -0.15) is 0 Å². The molecule has 3 nitrogen and oxygen atoms in total. The van der Waals surface area contributed by atoms with E-state index in [1.807, 2.05) is 6.07 Å². The van der Waals surface area contributed by atoms with Crippen LogP contribution in [0.4, 0.5) is 0 Å². The van der Waals surface area contributed by atoms with E-state index in [2.05, 4.69) is 6.58 Å². The van der Waals surface area contributed by atoms with Crippen molar-refractivity contribution in [2.45, 2.75) is 19.3 Å². The summed E-state index contributed by atoms with van der Waals surface area (Å²) >= 11 is 0. The van der Waals surface area contributed by atoms with E-state index in [9.17, 15) is 9.59 Å². The van der Waals surface area contributed by atoms with Crippen molar-refractivity contribution in [3.63, 3.8) is 0 Å². The van der Waals surface area contributed by atoms with Gasteiger partial charge in [-0.1, -0.05) is 36.4 Å². The summed E-state index contributed by atoms with van der Waals surface area (Å²) in [7, 11) is 1.60. The Bertz CT molecular complexity index is 423. The molecule has 0 aliphatic carbocycles. The van der Waals surface area contributed by atoms with E-state index in [4.69, 9.17) is 4.74 Å². The van der Waals surface area contributed by atoms with Crippen LogP contribution in [0.15, 0.2) is 43.0 Å². The smallest absolute Gasteiger partial charge is 0.173 e. The molecule has 0 spiro atoms. The molecule has 0 aromatic heterocycles. The Hall–Kier alpha value is -1.74. The Morgan fingerprint density at radius 3 is 2.58 bits per heavy atom. The number of ketones is 2. The Kier molecular flexibility index (Phi) is 6.75. The fourth-order valence-corrected chi connectivity index (χ4v) is 1.92. The molecule has 3 heteroatoms. The number of carbonyl (C=O) groups excluding carboxylic acids is 2. The predicted octanol–water partition coefficient (Wildman–Crippen LogP) is 3.06. The second-order valence-corrected chi connectivity index (χ2v) is 4.37. The van der Waals surface area contributed by atoms with E-state index in [1.54, 1.807) is 37.5 Å². The monoisotopic (exact) mass is 260 g/mol. The molecule has 0 aliphatic heterocycles. The van der Waals surface area contributed by atoms with Crippen LogP contribution in [0.2, 0.25) is 0 Å². The number of Topliss-reactive ketones (excluding diaryl/α,β-unsaturated/α-hetero) is 2. The van der Waals surface area contributed by atoms with Gasteiger partial charge in [0, 0.05) is 25.7 Å². The third kappa shape index (κ3) is 4.79. The molecule has 19 heavy (non-hydrogen) atoms. The third-order valence-electron chi connectivity index (χ3n) is 2.94. The zero-order valence-electron chi connectivity index (χ0n) is 11.3. The first-order chi connectivity index (χ1) is 9.20. The molecular weight excluding hydrogens is 240 g/mol. The van der Waals surface area contributed by atoms with Gasteiger partial charge >= 0.3 is 0 Å². The first-order valence-corrected chi connectivity index (χ1v) is 6.42. The van der Waals surface area contributed by atoms with Gasteiger partial charge < -0.3 is 4.74 Å². The highest BCUT2D eigenvalue weighted by Crippen LogP contribution is 2.16. The van der Waals surface area contributed by atoms with Crippen LogP contribution in [0.25, 0.3) is 0 Å². The minimum Gasteiger partial charge on any atom is -0.385 e. The standard InChI is InChI=1S/C16H20O3/c1-3-8-14(15(17)11-7-12-19-2)16(18)13-9-5-4-6-10-13/h3-6,9-10,14H,1,7-8,11-12H2,2H3. The number of hydrogen-bond acceptors (Lipinski definition) is 3. The summed E-state index contributed by atoms with van der Waals surface area (Å²) in [5.41, 5.74) is 0.578. The van der Waals surface area contributed by atoms with E-state index in [1.165, 1.54) is 0 Å². The molecule has 1 aromatic carbocycles. The normalized spacial score (nSPS) is 11.8. The highest BCUT2D eigenvalue weighted by molar-refractivity contribution is 6.10. The van der Waals surface area contributed by atoms with E-state index >= 15 is 0 Å². The largest absolute Gasteiger partial charge is 0.385 e. The van der Waals surface area contributed by atoms with Gasteiger partial charge in [0.25, 0.3) is 0 Å². The Labute approximate surface area is 114 Å². The molecule has 1 atom stereocenters. The van der Waals surface area contributed by atoms with E-state index in [0.717, 1.165) is 0 Å². The molecule has 0 N–H and O–H groups in total. The molecular formula is C16H20O3. The van der Waals surface area contributed by atoms with Gasteiger partial charge in [-0.05, 0) is 12.8 Å². The average molecular weight is 260 g/mol. The number of ether oxygens (including phenoxy) is 1. The van der Waals surface area contributed by atoms with Crippen LogP contribution in [-0.4, -0.2) is 25.3 Å². The van der Waals surface area contributed by atoms with Crippen molar-refractivity contribution in [3.05, 3.63) is 48.6 Å². The number of rotatable bonds is 9. The minimum absolute atomic E-state index is 0.0363. The van der Waals surface area contributed by atoms with Gasteiger partial charge in [0.2, 0.25) is 0 Å². The summed E-state index contributed by atoms with van der Waals surface area (Å²) in [5, 5.41) is 0. The van der Waals surface area contributed by atoms with Crippen LogP contribution in [0.1, 0.15) is 29.6 Å². The molecule has 0 heterocycles. The van der Waals surface area contributed by atoms with E-state index < -0.39 is 5.92 Å². The second-order valence-electron chi connectivity index (χ2n) is 4.37. The lowest BCUT2D eigenvalue weighted by Gasteiger charge is -2.13. The van der Waals surface area contributed by atoms with Crippen LogP contribution in [-0.2, 0) is 9.53 Å². The maximum Gasteiger partial charge on any atom is 0.173 e. The average Bonchev–Trinajstić information content (AvgIpc) is 2.45. The number of benzene rings is 1. The second kappa shape index (κ2) is 8.38. The fraction of sp³-hybridized carbons (Fsp3) is 0.375. The van der Waals surface area contributed by atoms with Gasteiger partial charge in [0.05, 0.1) is 5.92 Å². The molecule has 102 valence electrons. The van der Waals surface area contributed by atoms with Gasteiger partial charge in [-0.15, -0.1) is 6.58 Å². The quantitative estimate of drug-likeness (QED) is 0.296. The van der Waals surface area contributed by atoms with Crippen LogP contribution < -0.4 is 0 Å². The summed E-state index contributed by atoms with van der Waals surface area (Å²) in [6, 6.07) is 8.92. The SMILES string of the molecule is C=CCC(C(=O)CCCOC)C(=O)c1ccccc1. The highest BCUT2D eigenvalue weighted by Gasteiger charge is 2.25. The van der Waals surface area contributed by atoms with Crippen LogP contribution in [0.3, 0.4) is 0 Å². The lowest BCUT2D eigenvalue weighted by atomic mass is 9.89. The van der Waals surface area contributed by atoms with Crippen molar-refractivity contribution >= 4 is 11.6 Å². The molecule has 0 bridgehead atoms. The van der Waals surface area contributed by atoms with Gasteiger partial charge in [-0.3, -0.25) is 9.59 Å². The number of carbonyl (C=O) groups is 2. The molecule has 1 unspecified atom stereocenters. The summed E-state index contributed by atoms with van der Waals surface area (Å²) in [6.07, 6.45) is 3.02. The molecule has 0 aliphatic rings. The van der Waals surface area contributed by atoms with E-state index in [0.29, 0.717) is 31.4 Å². The zero-order chi connectivity index (χ0) is 14.1. The molecule has 0 fully saturated rings. The minimum atomic E-state index is -0.614. The summed E-state index contributed by atoms with van der Waals surface area (Å²) < 4.78 is 4.92. The predicted molar refractivity (Wildman–Crippen MR) is 75.2 cm³/mol. The van der Waals surface area contributed by atoms with Crippen molar-refractivity contribution in [1.29, 1.82) is 0 Å². The molecule has 1 aromatic rings. The number of methoxy groups -OCH3 is 1. The van der Waals surface area contributed by atoms with Gasteiger partial charge in [0.15, 0.2) is 5.78 Å². The van der Waals surface area contributed by atoms with Crippen molar-refractivity contribution in [3.8, 4) is 0 Å². The van der Waals surface area contributed by atoms with Crippen molar-refractivity contribution < 1.29 is 14.3 Å². The first-order valence-electron chi connectivity index (χ1n) is 6.42. The maximum absolute atomic E-state index is 12.3. The molecule has 0 amide bonds. The summed E-state index contributed by atoms with van der Waals surface area (Å²) in [5.74, 6) is -0.773. The Balaban J connectivity index is 2.73. The number of allylic oxidation sites excluding steroid dienone is 1. The van der Waals surface area contributed by atoms with Crippen LogP contribution in [0.5, 0.6) is 0 Å². The summed E-state index contributed by atoms with van der Waals surface area (Å²) in [4.78, 5) is 24.4. The first kappa shape index (κ1) is 15.3. The van der Waals surface area contributed by atoms with E-state index in [-0.39, 0.29) is 11.6 Å². The topological polar surface area (TPSA) is 43.4 Å². The van der Waals surface area contributed by atoms with Gasteiger partial charge in [0.1, 0.15) is 5.78 Å². The molecule has 0 saturated heterocycles. The van der Waals surface area contributed by atoms with Crippen molar-refractivity contribution in [1.82, 2.24) is 0 Å². The highest BCUT2D eigenvalue weighted by atomic mass is 16.5. The zero-order valence-corrected chi connectivity index (χ0v) is 11.3. The van der Waals surface area contributed by atoms with Crippen LogP contribution >= 0.6 is 0 Å². The maximum atomic E-state index is 12.3. The lowest BCUT2D eigenvalue weighted by Crippen LogP contribution is -2.24. The lowest BCUT2D eigenvalue weighted by molar-refractivity contribution is -0.121.